The number of rotatable bonds is 2. The molecule has 1 heterocycles. The highest BCUT2D eigenvalue weighted by molar-refractivity contribution is 7.10. The Hall–Kier alpha value is -1.19. The number of thiophene rings is 1. The second kappa shape index (κ2) is 5.06. The van der Waals surface area contributed by atoms with Crippen molar-refractivity contribution in [2.45, 2.75) is 38.1 Å². The summed E-state index contributed by atoms with van der Waals surface area (Å²) in [6.45, 7) is 2.01. The highest BCUT2D eigenvalue weighted by Gasteiger charge is 2.28. The van der Waals surface area contributed by atoms with Crippen LogP contribution in [0.25, 0.3) is 0 Å². The molecular weight excluding hydrogens is 257 g/mol. The summed E-state index contributed by atoms with van der Waals surface area (Å²) in [4.78, 5) is 1.46. The van der Waals surface area contributed by atoms with Gasteiger partial charge >= 0.3 is 0 Å². The Morgan fingerprint density at radius 1 is 1.37 bits per heavy atom. The van der Waals surface area contributed by atoms with Gasteiger partial charge in [-0.2, -0.15) is 0 Å². The fourth-order valence-corrected chi connectivity index (χ4v) is 4.08. The van der Waals surface area contributed by atoms with E-state index >= 15 is 0 Å². The van der Waals surface area contributed by atoms with Gasteiger partial charge in [0.05, 0.1) is 0 Å². The first kappa shape index (κ1) is 12.8. The molecule has 0 spiro atoms. The quantitative estimate of drug-likeness (QED) is 0.868. The van der Waals surface area contributed by atoms with Gasteiger partial charge in [0.25, 0.3) is 0 Å². The van der Waals surface area contributed by atoms with Crippen molar-refractivity contribution >= 4 is 11.3 Å². The van der Waals surface area contributed by atoms with Gasteiger partial charge in [-0.15, -0.1) is 11.3 Å². The molecule has 100 valence electrons. The van der Waals surface area contributed by atoms with Crippen molar-refractivity contribution < 1.29 is 4.39 Å². The summed E-state index contributed by atoms with van der Waals surface area (Å²) < 4.78 is 13.5. The average molecular weight is 275 g/mol. The molecule has 1 aliphatic rings. The van der Waals surface area contributed by atoms with Gasteiger partial charge in [0.2, 0.25) is 0 Å². The van der Waals surface area contributed by atoms with E-state index in [4.69, 9.17) is 5.73 Å². The van der Waals surface area contributed by atoms with Gasteiger partial charge in [-0.1, -0.05) is 6.07 Å². The van der Waals surface area contributed by atoms with Crippen LogP contribution in [0.1, 0.15) is 46.4 Å². The van der Waals surface area contributed by atoms with Gasteiger partial charge in [0.1, 0.15) is 5.82 Å². The van der Waals surface area contributed by atoms with Crippen LogP contribution in [0.5, 0.6) is 0 Å². The molecule has 0 fully saturated rings. The van der Waals surface area contributed by atoms with Crippen LogP contribution in [0.3, 0.4) is 0 Å². The SMILES string of the molecule is Cc1ccc(F)cc1C(N)C1CCCc2sccc21. The second-order valence-corrected chi connectivity index (χ2v) is 6.33. The van der Waals surface area contributed by atoms with E-state index in [1.807, 2.05) is 24.3 Å². The van der Waals surface area contributed by atoms with Crippen LogP contribution < -0.4 is 5.73 Å². The van der Waals surface area contributed by atoms with Gasteiger partial charge in [0.15, 0.2) is 0 Å². The predicted octanol–water partition coefficient (Wildman–Crippen LogP) is 4.32. The third-order valence-corrected chi connectivity index (χ3v) is 5.13. The second-order valence-electron chi connectivity index (χ2n) is 5.32. The third kappa shape index (κ3) is 2.33. The van der Waals surface area contributed by atoms with Crippen LogP contribution in [0.15, 0.2) is 29.6 Å². The molecule has 2 N–H and O–H groups in total. The van der Waals surface area contributed by atoms with Crippen LogP contribution in [0, 0.1) is 12.7 Å². The van der Waals surface area contributed by atoms with Crippen LogP contribution in [0.2, 0.25) is 0 Å². The fraction of sp³-hybridized carbons (Fsp3) is 0.375. The maximum absolute atomic E-state index is 13.5. The van der Waals surface area contributed by atoms with Crippen molar-refractivity contribution in [3.05, 3.63) is 57.0 Å². The normalized spacial score (nSPS) is 20.1. The summed E-state index contributed by atoms with van der Waals surface area (Å²) in [5.41, 5.74) is 9.86. The first-order valence-corrected chi connectivity index (χ1v) is 7.62. The van der Waals surface area contributed by atoms with Gasteiger partial charge in [-0.25, -0.2) is 4.39 Å². The third-order valence-electron chi connectivity index (χ3n) is 4.13. The van der Waals surface area contributed by atoms with Gasteiger partial charge in [-0.3, -0.25) is 0 Å². The number of aryl methyl sites for hydroxylation is 2. The van der Waals surface area contributed by atoms with Crippen LogP contribution in [-0.2, 0) is 6.42 Å². The van der Waals surface area contributed by atoms with Gasteiger partial charge in [-0.05, 0) is 66.5 Å². The van der Waals surface area contributed by atoms with Crippen molar-refractivity contribution in [3.63, 3.8) is 0 Å². The van der Waals surface area contributed by atoms with E-state index in [9.17, 15) is 4.39 Å². The van der Waals surface area contributed by atoms with Crippen molar-refractivity contribution in [3.8, 4) is 0 Å². The molecule has 0 radical (unpaired) electrons. The molecule has 2 unspecified atom stereocenters. The van der Waals surface area contributed by atoms with E-state index in [-0.39, 0.29) is 11.9 Å². The summed E-state index contributed by atoms with van der Waals surface area (Å²) in [5, 5.41) is 2.15. The molecule has 3 rings (SSSR count). The molecule has 2 aromatic rings. The smallest absolute Gasteiger partial charge is 0.123 e. The number of fused-ring (bicyclic) bond motifs is 1. The molecule has 1 aromatic heterocycles. The minimum absolute atomic E-state index is 0.107. The largest absolute Gasteiger partial charge is 0.323 e. The monoisotopic (exact) mass is 275 g/mol. The first-order chi connectivity index (χ1) is 9.16. The molecule has 0 saturated heterocycles. The van der Waals surface area contributed by atoms with Crippen molar-refractivity contribution in [2.75, 3.05) is 0 Å². The molecule has 0 amide bonds. The molecule has 1 aliphatic carbocycles. The fourth-order valence-electron chi connectivity index (χ4n) is 3.08. The zero-order chi connectivity index (χ0) is 13.4. The lowest BCUT2D eigenvalue weighted by atomic mass is 9.79. The zero-order valence-corrected chi connectivity index (χ0v) is 11.8. The highest BCUT2D eigenvalue weighted by Crippen LogP contribution is 2.41. The van der Waals surface area contributed by atoms with Gasteiger partial charge in [0, 0.05) is 16.8 Å². The Morgan fingerprint density at radius 2 is 2.21 bits per heavy atom. The van der Waals surface area contributed by atoms with E-state index < -0.39 is 0 Å². The highest BCUT2D eigenvalue weighted by atomic mass is 32.1. The maximum Gasteiger partial charge on any atom is 0.123 e. The molecular formula is C16H18FNS. The first-order valence-electron chi connectivity index (χ1n) is 6.74. The van der Waals surface area contributed by atoms with E-state index in [1.54, 1.807) is 6.07 Å². The van der Waals surface area contributed by atoms with Crippen LogP contribution >= 0.6 is 11.3 Å². The zero-order valence-electron chi connectivity index (χ0n) is 11.0. The molecule has 0 saturated carbocycles. The molecule has 0 bridgehead atoms. The summed E-state index contributed by atoms with van der Waals surface area (Å²) in [5.74, 6) is 0.132. The number of hydrogen-bond acceptors (Lipinski definition) is 2. The van der Waals surface area contributed by atoms with Crippen molar-refractivity contribution in [1.82, 2.24) is 0 Å². The van der Waals surface area contributed by atoms with Crippen molar-refractivity contribution in [2.24, 2.45) is 5.73 Å². The summed E-state index contributed by atoms with van der Waals surface area (Å²) in [7, 11) is 0. The Morgan fingerprint density at radius 3 is 3.05 bits per heavy atom. The predicted molar refractivity (Wildman–Crippen MR) is 78.1 cm³/mol. The van der Waals surface area contributed by atoms with E-state index in [0.29, 0.717) is 5.92 Å². The van der Waals surface area contributed by atoms with Gasteiger partial charge < -0.3 is 5.73 Å². The lowest BCUT2D eigenvalue weighted by Crippen LogP contribution is -2.23. The lowest BCUT2D eigenvalue weighted by Gasteiger charge is -2.29. The van der Waals surface area contributed by atoms with Crippen LogP contribution in [-0.4, -0.2) is 0 Å². The maximum atomic E-state index is 13.5. The number of halogens is 1. The topological polar surface area (TPSA) is 26.0 Å². The minimum Gasteiger partial charge on any atom is -0.323 e. The van der Waals surface area contributed by atoms with E-state index in [0.717, 1.165) is 17.5 Å². The Bertz CT molecular complexity index is 590. The lowest BCUT2D eigenvalue weighted by molar-refractivity contribution is 0.475. The summed E-state index contributed by atoms with van der Waals surface area (Å²) >= 11 is 1.82. The summed E-state index contributed by atoms with van der Waals surface area (Å²) in [6.07, 6.45) is 3.44. The Labute approximate surface area is 117 Å². The number of hydrogen-bond donors (Lipinski definition) is 1. The standard InChI is InChI=1S/C16H18FNS/c1-10-5-6-11(17)9-14(10)16(18)13-3-2-4-15-12(13)7-8-19-15/h5-9,13,16H,2-4,18H2,1H3. The number of benzene rings is 1. The minimum atomic E-state index is -0.197. The molecule has 19 heavy (non-hydrogen) atoms. The van der Waals surface area contributed by atoms with Crippen LogP contribution in [0.4, 0.5) is 4.39 Å². The molecule has 2 atom stereocenters. The number of nitrogens with two attached hydrogens (primary N) is 1. The molecule has 3 heteroatoms. The Kier molecular flexibility index (Phi) is 3.42. The average Bonchev–Trinajstić information content (AvgIpc) is 2.89. The van der Waals surface area contributed by atoms with E-state index in [1.165, 1.54) is 29.3 Å². The van der Waals surface area contributed by atoms with E-state index in [2.05, 4.69) is 11.4 Å². The molecule has 1 nitrogen and oxygen atoms in total. The summed E-state index contributed by atoms with van der Waals surface area (Å²) in [6, 6.07) is 7.01. The molecule has 1 aromatic carbocycles. The Balaban J connectivity index is 1.97. The molecule has 0 aliphatic heterocycles. The van der Waals surface area contributed by atoms with Crippen molar-refractivity contribution in [1.29, 1.82) is 0 Å².